The van der Waals surface area contributed by atoms with Crippen LogP contribution in [0.2, 0.25) is 0 Å². The van der Waals surface area contributed by atoms with E-state index in [0.717, 1.165) is 22.4 Å². The second-order valence-electron chi connectivity index (χ2n) is 6.90. The van der Waals surface area contributed by atoms with E-state index in [1.165, 1.54) is 17.0 Å². The van der Waals surface area contributed by atoms with Crippen LogP contribution in [0.4, 0.5) is 29.3 Å². The van der Waals surface area contributed by atoms with Gasteiger partial charge in [0.1, 0.15) is 0 Å². The molecule has 10 nitrogen and oxygen atoms in total. The maximum atomic E-state index is 12.7. The molecule has 2 aromatic rings. The summed E-state index contributed by atoms with van der Waals surface area (Å²) in [5, 5.41) is 7.68. The molecule has 0 aliphatic carbocycles. The van der Waals surface area contributed by atoms with E-state index in [-0.39, 0.29) is 5.69 Å². The number of benzene rings is 2. The molecular formula is C19H18F3N5O5S. The lowest BCUT2D eigenvalue weighted by atomic mass is 10.1. The smallest absolute Gasteiger partial charge is 0.314 e. The third-order valence-electron chi connectivity index (χ3n) is 4.62. The van der Waals surface area contributed by atoms with E-state index in [1.54, 1.807) is 19.2 Å². The normalized spacial score (nSPS) is 16.4. The number of hydrogen-bond acceptors (Lipinski definition) is 6. The minimum absolute atomic E-state index is 0.0257. The number of urea groups is 1. The third-order valence-corrected chi connectivity index (χ3v) is 5.68. The average molecular weight is 485 g/mol. The van der Waals surface area contributed by atoms with Gasteiger partial charge in [0, 0.05) is 30.5 Å². The lowest BCUT2D eigenvalue weighted by molar-refractivity contribution is -0.120. The maximum absolute atomic E-state index is 12.7. The molecule has 1 aliphatic rings. The highest BCUT2D eigenvalue weighted by Gasteiger charge is 2.47. The molecule has 3 rings (SSSR count). The van der Waals surface area contributed by atoms with Crippen molar-refractivity contribution in [2.24, 2.45) is 0 Å². The zero-order valence-corrected chi connectivity index (χ0v) is 17.8. The second kappa shape index (κ2) is 9.07. The first kappa shape index (κ1) is 24.0. The number of carbonyl (C=O) groups is 3. The van der Waals surface area contributed by atoms with Gasteiger partial charge >= 0.3 is 21.6 Å². The van der Waals surface area contributed by atoms with Crippen molar-refractivity contribution in [1.29, 1.82) is 0 Å². The molecule has 0 saturated carbocycles. The summed E-state index contributed by atoms with van der Waals surface area (Å²) >= 11 is 0. The Morgan fingerprint density at radius 1 is 1.12 bits per heavy atom. The van der Waals surface area contributed by atoms with E-state index < -0.39 is 45.1 Å². The van der Waals surface area contributed by atoms with E-state index in [0.29, 0.717) is 12.2 Å². The lowest BCUT2D eigenvalue weighted by Crippen LogP contribution is -2.54. The van der Waals surface area contributed by atoms with Crippen LogP contribution < -0.4 is 25.6 Å². The fraction of sp³-hybridized carbons (Fsp3) is 0.211. The van der Waals surface area contributed by atoms with Crippen LogP contribution >= 0.6 is 0 Å². The molecule has 1 heterocycles. The van der Waals surface area contributed by atoms with Gasteiger partial charge in [0.05, 0.1) is 0 Å². The van der Waals surface area contributed by atoms with Crippen LogP contribution in [0.5, 0.6) is 0 Å². The number of fused-ring (bicyclic) bond motifs is 1. The number of hydrogen-bond donors (Lipinski definition) is 4. The van der Waals surface area contributed by atoms with Gasteiger partial charge < -0.3 is 15.5 Å². The van der Waals surface area contributed by atoms with Gasteiger partial charge in [-0.3, -0.25) is 14.9 Å². The number of halogens is 3. The predicted octanol–water partition coefficient (Wildman–Crippen LogP) is 1.48. The lowest BCUT2D eigenvalue weighted by Gasteiger charge is -2.22. The molecule has 0 radical (unpaired) electrons. The highest BCUT2D eigenvalue weighted by atomic mass is 32.2. The number of anilines is 2. The number of nitrogens with one attached hydrogen (secondary N) is 4. The molecule has 1 unspecified atom stereocenters. The van der Waals surface area contributed by atoms with Crippen molar-refractivity contribution in [2.45, 2.75) is 18.2 Å². The van der Waals surface area contributed by atoms with Crippen molar-refractivity contribution >= 4 is 39.2 Å². The van der Waals surface area contributed by atoms with E-state index in [9.17, 15) is 36.0 Å². The highest BCUT2D eigenvalue weighted by molar-refractivity contribution is 7.90. The third kappa shape index (κ3) is 5.40. The van der Waals surface area contributed by atoms with Gasteiger partial charge in [-0.05, 0) is 29.8 Å². The van der Waals surface area contributed by atoms with Crippen LogP contribution in [-0.2, 0) is 21.4 Å². The molecule has 4 N–H and O–H groups in total. The van der Waals surface area contributed by atoms with E-state index >= 15 is 0 Å². The van der Waals surface area contributed by atoms with E-state index in [2.05, 4.69) is 16.0 Å². The summed E-state index contributed by atoms with van der Waals surface area (Å²) < 4.78 is 60.5. The summed E-state index contributed by atoms with van der Waals surface area (Å²) in [6, 6.07) is 10.9. The molecule has 1 aliphatic heterocycles. The molecule has 0 aromatic heterocycles. The zero-order valence-electron chi connectivity index (χ0n) is 16.9. The van der Waals surface area contributed by atoms with Crippen molar-refractivity contribution in [3.63, 3.8) is 0 Å². The minimum Gasteiger partial charge on any atom is -0.314 e. The number of likely N-dealkylation sites (N-methyl/N-ethyl adjacent to an activating group) is 1. The quantitative estimate of drug-likeness (QED) is 0.518. The Kier molecular flexibility index (Phi) is 6.60. The fourth-order valence-electron chi connectivity index (χ4n) is 2.99. The number of amides is 4. The molecule has 2 aromatic carbocycles. The number of nitrogens with zero attached hydrogens (tertiary/aromatic N) is 1. The van der Waals surface area contributed by atoms with Crippen molar-refractivity contribution < 1.29 is 36.0 Å². The van der Waals surface area contributed by atoms with Gasteiger partial charge in [0.2, 0.25) is 0 Å². The Bertz CT molecular complexity index is 1200. The van der Waals surface area contributed by atoms with Gasteiger partial charge in [0.15, 0.2) is 6.17 Å². The van der Waals surface area contributed by atoms with Crippen LogP contribution in [0, 0.1) is 0 Å². The molecule has 14 heteroatoms. The van der Waals surface area contributed by atoms with Gasteiger partial charge in [-0.25, -0.2) is 9.52 Å². The maximum Gasteiger partial charge on any atom is 0.516 e. The molecule has 176 valence electrons. The summed E-state index contributed by atoms with van der Waals surface area (Å²) in [6.45, 7) is 0.292. The van der Waals surface area contributed by atoms with Gasteiger partial charge in [-0.2, -0.15) is 21.6 Å². The Morgan fingerprint density at radius 2 is 1.82 bits per heavy atom. The SMILES string of the molecule is CN1C(=O)C(NC(=O)Nc2cccc(C(=O)NS(=O)(=O)C(F)(F)F)c2)NCc2ccccc21. The van der Waals surface area contributed by atoms with Gasteiger partial charge in [-0.1, -0.05) is 24.3 Å². The van der Waals surface area contributed by atoms with Gasteiger partial charge in [0.25, 0.3) is 11.8 Å². The molecule has 0 fully saturated rings. The first-order valence-electron chi connectivity index (χ1n) is 9.29. The first-order chi connectivity index (χ1) is 15.4. The summed E-state index contributed by atoms with van der Waals surface area (Å²) in [4.78, 5) is 38.3. The predicted molar refractivity (Wildman–Crippen MR) is 112 cm³/mol. The summed E-state index contributed by atoms with van der Waals surface area (Å²) in [5.74, 6) is -1.98. The number of carbonyl (C=O) groups excluding carboxylic acids is 3. The Balaban J connectivity index is 1.67. The number of para-hydroxylation sites is 1. The van der Waals surface area contributed by atoms with Crippen molar-refractivity contribution in [1.82, 2.24) is 15.4 Å². The first-order valence-corrected chi connectivity index (χ1v) is 10.8. The number of alkyl halides is 3. The van der Waals surface area contributed by atoms with Crippen LogP contribution in [-0.4, -0.2) is 45.0 Å². The summed E-state index contributed by atoms with van der Waals surface area (Å²) in [7, 11) is -4.33. The van der Waals surface area contributed by atoms with Crippen LogP contribution in [0.25, 0.3) is 0 Å². The standard InChI is InChI=1S/C19H18F3N5O5S/c1-27-14-8-3-2-5-12(14)10-23-15(17(27)29)25-18(30)24-13-7-4-6-11(9-13)16(28)26-33(31,32)19(20,21)22/h2-9,15,23H,10H2,1H3,(H,26,28)(H2,24,25,30). The monoisotopic (exact) mass is 485 g/mol. The summed E-state index contributed by atoms with van der Waals surface area (Å²) in [6.07, 6.45) is -1.09. The highest BCUT2D eigenvalue weighted by Crippen LogP contribution is 2.23. The number of sulfonamides is 1. The average Bonchev–Trinajstić information content (AvgIpc) is 2.85. The van der Waals surface area contributed by atoms with Crippen LogP contribution in [0.1, 0.15) is 15.9 Å². The molecule has 1 atom stereocenters. The summed E-state index contributed by atoms with van der Waals surface area (Å²) in [5.41, 5.74) is -4.62. The Hall–Kier alpha value is -3.65. The minimum atomic E-state index is -5.89. The molecule has 4 amide bonds. The fourth-order valence-corrected chi connectivity index (χ4v) is 3.46. The van der Waals surface area contributed by atoms with Crippen molar-refractivity contribution in [3.8, 4) is 0 Å². The zero-order chi connectivity index (χ0) is 24.4. The molecular weight excluding hydrogens is 467 g/mol. The molecule has 0 saturated heterocycles. The van der Waals surface area contributed by atoms with Crippen LogP contribution in [0.15, 0.2) is 48.5 Å². The number of rotatable bonds is 4. The Morgan fingerprint density at radius 3 is 2.52 bits per heavy atom. The van der Waals surface area contributed by atoms with Crippen molar-refractivity contribution in [3.05, 3.63) is 59.7 Å². The molecule has 0 spiro atoms. The van der Waals surface area contributed by atoms with E-state index in [4.69, 9.17) is 0 Å². The topological polar surface area (TPSA) is 137 Å². The Labute approximate surface area is 186 Å². The largest absolute Gasteiger partial charge is 0.516 e. The van der Waals surface area contributed by atoms with E-state index in [1.807, 2.05) is 12.1 Å². The van der Waals surface area contributed by atoms with Crippen LogP contribution in [0.3, 0.4) is 0 Å². The molecule has 0 bridgehead atoms. The molecule has 33 heavy (non-hydrogen) atoms. The second-order valence-corrected chi connectivity index (χ2v) is 8.57. The van der Waals surface area contributed by atoms with Gasteiger partial charge in [-0.15, -0.1) is 0 Å². The van der Waals surface area contributed by atoms with Crippen molar-refractivity contribution in [2.75, 3.05) is 17.3 Å².